The lowest BCUT2D eigenvalue weighted by Gasteiger charge is -2.21. The highest BCUT2D eigenvalue weighted by Crippen LogP contribution is 2.45. The molecule has 0 radical (unpaired) electrons. The number of carbonyl (C=O) groups excluding carboxylic acids is 4. The zero-order chi connectivity index (χ0) is 73.2. The minimum atomic E-state index is -4.98. The highest BCUT2D eigenvalue weighted by molar-refractivity contribution is 7.47. The summed E-state index contributed by atoms with van der Waals surface area (Å²) < 4.78 is 68.6. The topological polar surface area (TPSA) is 237 Å². The molecule has 0 saturated carbocycles. The Kier molecular flexibility index (Phi) is 71.2. The molecule has 2 unspecified atom stereocenters. The van der Waals surface area contributed by atoms with Crippen LogP contribution < -0.4 is 0 Å². The van der Waals surface area contributed by atoms with Crippen LogP contribution >= 0.6 is 15.6 Å². The van der Waals surface area contributed by atoms with E-state index in [0.717, 1.165) is 148 Å². The number of rotatable bonds is 76. The van der Waals surface area contributed by atoms with Gasteiger partial charge in [-0.3, -0.25) is 37.3 Å². The largest absolute Gasteiger partial charge is 0.472 e. The highest BCUT2D eigenvalue weighted by atomic mass is 31.2. The van der Waals surface area contributed by atoms with Crippen LogP contribution in [0.25, 0.3) is 0 Å². The summed E-state index contributed by atoms with van der Waals surface area (Å²) in [6, 6.07) is 0. The number of esters is 4. The number of hydrogen-bond acceptors (Lipinski definition) is 15. The summed E-state index contributed by atoms with van der Waals surface area (Å²) in [6.07, 6.45) is 74.5. The fourth-order valence-corrected chi connectivity index (χ4v) is 12.5. The lowest BCUT2D eigenvalue weighted by atomic mass is 10.0. The average molecular weight is 1450 g/mol. The van der Waals surface area contributed by atoms with Gasteiger partial charge in [-0.15, -0.1) is 0 Å². The Labute approximate surface area is 609 Å². The third-order valence-electron chi connectivity index (χ3n) is 17.1. The molecule has 0 aromatic rings. The summed E-state index contributed by atoms with van der Waals surface area (Å²) in [5.74, 6) is -2.22. The van der Waals surface area contributed by atoms with Gasteiger partial charge in [-0.1, -0.05) is 293 Å². The van der Waals surface area contributed by atoms with Gasteiger partial charge >= 0.3 is 39.5 Å². The number of ether oxygens (including phenoxy) is 4. The van der Waals surface area contributed by atoms with Gasteiger partial charge in [-0.25, -0.2) is 9.13 Å². The van der Waals surface area contributed by atoms with Crippen LogP contribution in [0.15, 0.2) is 72.9 Å². The Morgan fingerprint density at radius 1 is 0.280 bits per heavy atom. The van der Waals surface area contributed by atoms with Crippen molar-refractivity contribution in [1.29, 1.82) is 0 Å². The number of unbranched alkanes of at least 4 members (excludes halogenated alkanes) is 38. The molecule has 0 fully saturated rings. The molecule has 17 nitrogen and oxygen atoms in total. The summed E-state index contributed by atoms with van der Waals surface area (Å²) in [5.41, 5.74) is 0. The second kappa shape index (κ2) is 73.8. The zero-order valence-electron chi connectivity index (χ0n) is 63.6. The van der Waals surface area contributed by atoms with Gasteiger partial charge in [0.25, 0.3) is 0 Å². The molecule has 0 spiro atoms. The zero-order valence-corrected chi connectivity index (χ0v) is 65.4. The Balaban J connectivity index is 5.38. The van der Waals surface area contributed by atoms with Gasteiger partial charge in [0.2, 0.25) is 0 Å². The van der Waals surface area contributed by atoms with Crippen LogP contribution in [0.4, 0.5) is 0 Å². The molecule has 0 saturated heterocycles. The van der Waals surface area contributed by atoms with Gasteiger partial charge in [0.1, 0.15) is 19.3 Å². The Morgan fingerprint density at radius 2 is 0.500 bits per heavy atom. The molecule has 3 N–H and O–H groups in total. The summed E-state index contributed by atoms with van der Waals surface area (Å²) >= 11 is 0. The van der Waals surface area contributed by atoms with E-state index in [1.807, 2.05) is 12.2 Å². The summed E-state index contributed by atoms with van der Waals surface area (Å²) in [4.78, 5) is 72.9. The first-order valence-electron chi connectivity index (χ1n) is 40.2. The molecule has 0 aromatic carbocycles. The van der Waals surface area contributed by atoms with Crippen LogP contribution in [0.2, 0.25) is 0 Å². The SMILES string of the molecule is CCCCC/C=C\C/C=C\C/C=C\C/C=C\CCCC(=O)OC[C@H](COP(=O)(O)OC[C@@H](O)COP(=O)(O)OC[C@@H](COC(=O)CCCCCCCCCCCCCCC)OC(=O)CCCCCCCCC/C=C\CCCCCC)OC(=O)CCCCCCCCC/C=C\CCCCCC. The fourth-order valence-electron chi connectivity index (χ4n) is 11.0. The maximum atomic E-state index is 13.1. The Hall–Kier alpha value is -3.50. The van der Waals surface area contributed by atoms with Gasteiger partial charge in [0.05, 0.1) is 26.4 Å². The normalized spacial score (nSPS) is 14.3. The van der Waals surface area contributed by atoms with Gasteiger partial charge < -0.3 is 33.8 Å². The van der Waals surface area contributed by atoms with E-state index in [1.54, 1.807) is 0 Å². The standard InChI is InChI=1S/C81H146O17P2/c1-5-9-13-17-21-25-29-33-36-37-40-42-46-50-54-58-62-66-79(84)92-72-77(98-81(86)68-64-60-56-52-48-44-39-35-31-27-23-19-15-11-7-3)74-96-100(89,90)94-70-75(82)69-93-99(87,88)95-73-76(71-91-78(83)65-61-57-53-49-45-41-32-28-24-20-16-12-8-4)97-80(85)67-63-59-55-51-47-43-38-34-30-26-22-18-14-10-6-2/h21,25-27,30-31,33,36,40,42,50,54,75-77,82H,5-20,22-24,28-29,32,34-35,37-39,41,43-49,51-53,55-74H2,1-4H3,(H,87,88)(H,89,90)/b25-21-,30-26-,31-27-,36-33-,42-40-,54-50-/t75-,76+,77+/m0/s1. The van der Waals surface area contributed by atoms with Crippen LogP contribution in [0, 0.1) is 0 Å². The van der Waals surface area contributed by atoms with E-state index in [-0.39, 0.29) is 25.7 Å². The van der Waals surface area contributed by atoms with Crippen molar-refractivity contribution in [2.24, 2.45) is 0 Å². The molecule has 0 heterocycles. The maximum absolute atomic E-state index is 13.1. The molecule has 0 amide bonds. The van der Waals surface area contributed by atoms with E-state index in [0.29, 0.717) is 32.1 Å². The molecule has 582 valence electrons. The first-order valence-corrected chi connectivity index (χ1v) is 43.2. The Morgan fingerprint density at radius 3 is 0.830 bits per heavy atom. The minimum Gasteiger partial charge on any atom is -0.462 e. The maximum Gasteiger partial charge on any atom is 0.472 e. The van der Waals surface area contributed by atoms with Gasteiger partial charge in [-0.2, -0.15) is 0 Å². The van der Waals surface area contributed by atoms with E-state index >= 15 is 0 Å². The van der Waals surface area contributed by atoms with Crippen molar-refractivity contribution >= 4 is 39.5 Å². The van der Waals surface area contributed by atoms with Gasteiger partial charge in [0.15, 0.2) is 12.2 Å². The molecule has 100 heavy (non-hydrogen) atoms. The van der Waals surface area contributed by atoms with E-state index in [4.69, 9.17) is 37.0 Å². The summed E-state index contributed by atoms with van der Waals surface area (Å²) in [6.45, 7) is 4.81. The van der Waals surface area contributed by atoms with Crippen molar-refractivity contribution in [2.45, 2.75) is 380 Å². The monoisotopic (exact) mass is 1450 g/mol. The van der Waals surface area contributed by atoms with Crippen LogP contribution in [0.3, 0.4) is 0 Å². The van der Waals surface area contributed by atoms with Crippen molar-refractivity contribution in [1.82, 2.24) is 0 Å². The third kappa shape index (κ3) is 72.8. The van der Waals surface area contributed by atoms with Gasteiger partial charge in [0, 0.05) is 25.7 Å². The van der Waals surface area contributed by atoms with Crippen LogP contribution in [-0.4, -0.2) is 96.7 Å². The predicted molar refractivity (Wildman–Crippen MR) is 409 cm³/mol. The molecular weight excluding hydrogens is 1310 g/mol. The number of carbonyl (C=O) groups is 4. The quantitative estimate of drug-likeness (QED) is 0.0169. The summed E-state index contributed by atoms with van der Waals surface area (Å²) in [7, 11) is -9.96. The van der Waals surface area contributed by atoms with E-state index in [1.165, 1.54) is 128 Å². The predicted octanol–water partition coefficient (Wildman–Crippen LogP) is 23.2. The van der Waals surface area contributed by atoms with E-state index in [2.05, 4.69) is 88.5 Å². The summed E-state index contributed by atoms with van der Waals surface area (Å²) in [5, 5.41) is 10.6. The fraction of sp³-hybridized carbons (Fsp3) is 0.802. The second-order valence-electron chi connectivity index (χ2n) is 27.0. The number of phosphoric acid groups is 2. The van der Waals surface area contributed by atoms with E-state index < -0.39 is 97.5 Å². The molecule has 0 bridgehead atoms. The first-order chi connectivity index (χ1) is 48.7. The van der Waals surface area contributed by atoms with Gasteiger partial charge in [-0.05, 0) is 116 Å². The molecule has 19 heteroatoms. The molecule has 0 rings (SSSR count). The minimum absolute atomic E-state index is 0.0810. The molecule has 0 aliphatic heterocycles. The lowest BCUT2D eigenvalue weighted by molar-refractivity contribution is -0.161. The lowest BCUT2D eigenvalue weighted by Crippen LogP contribution is -2.30. The highest BCUT2D eigenvalue weighted by Gasteiger charge is 2.30. The van der Waals surface area contributed by atoms with Crippen molar-refractivity contribution in [3.63, 3.8) is 0 Å². The third-order valence-corrected chi connectivity index (χ3v) is 19.0. The smallest absolute Gasteiger partial charge is 0.462 e. The molecule has 0 aromatic heterocycles. The first kappa shape index (κ1) is 96.5. The number of phosphoric ester groups is 2. The molecular formula is C81H146O17P2. The average Bonchev–Trinajstić information content (AvgIpc) is 0.945. The second-order valence-corrected chi connectivity index (χ2v) is 29.9. The molecule has 5 atom stereocenters. The Bertz CT molecular complexity index is 2180. The van der Waals surface area contributed by atoms with Crippen molar-refractivity contribution in [3.05, 3.63) is 72.9 Å². The van der Waals surface area contributed by atoms with Crippen LogP contribution in [0.1, 0.15) is 362 Å². The number of allylic oxidation sites excluding steroid dienone is 12. The molecule has 0 aliphatic rings. The van der Waals surface area contributed by atoms with Crippen LogP contribution in [0.5, 0.6) is 0 Å². The number of aliphatic hydroxyl groups excluding tert-OH is 1. The van der Waals surface area contributed by atoms with Crippen molar-refractivity contribution in [2.75, 3.05) is 39.6 Å². The number of aliphatic hydroxyl groups is 1. The van der Waals surface area contributed by atoms with Crippen molar-refractivity contribution in [3.8, 4) is 0 Å². The van der Waals surface area contributed by atoms with Crippen molar-refractivity contribution < 1.29 is 80.2 Å². The van der Waals surface area contributed by atoms with E-state index in [9.17, 15) is 43.2 Å². The number of hydrogen-bond donors (Lipinski definition) is 3. The molecule has 0 aliphatic carbocycles. The van der Waals surface area contributed by atoms with Crippen LogP contribution in [-0.2, 0) is 65.4 Å².